The molecule has 0 bridgehead atoms. The van der Waals surface area contributed by atoms with Gasteiger partial charge in [-0.1, -0.05) is 6.07 Å². The molecule has 0 aliphatic carbocycles. The molecule has 2 N–H and O–H groups in total. The van der Waals surface area contributed by atoms with E-state index in [-0.39, 0.29) is 24.5 Å². The Labute approximate surface area is 160 Å². The zero-order valence-corrected chi connectivity index (χ0v) is 15.2. The minimum Gasteiger partial charge on any atom is -0.456 e. The molecule has 0 aromatic heterocycles. The summed E-state index contributed by atoms with van der Waals surface area (Å²) < 4.78 is 17.7. The lowest BCUT2D eigenvalue weighted by Gasteiger charge is -2.08. The number of halogens is 1. The number of hydrogen-bond donors (Lipinski definition) is 2. The van der Waals surface area contributed by atoms with E-state index in [0.29, 0.717) is 16.8 Å². The molecular formula is C20H19FN2O5. The van der Waals surface area contributed by atoms with Crippen molar-refractivity contribution in [1.29, 1.82) is 0 Å². The van der Waals surface area contributed by atoms with Gasteiger partial charge in [0, 0.05) is 30.3 Å². The predicted octanol–water partition coefficient (Wildman–Crippen LogP) is 2.33. The molecule has 28 heavy (non-hydrogen) atoms. The smallest absolute Gasteiger partial charge is 0.306 e. The topological polar surface area (TPSA) is 102 Å². The van der Waals surface area contributed by atoms with Gasteiger partial charge in [0.15, 0.2) is 12.4 Å². The first-order valence-electron chi connectivity index (χ1n) is 8.45. The highest BCUT2D eigenvalue weighted by Gasteiger charge is 2.13. The molecule has 0 atom stereocenters. The van der Waals surface area contributed by atoms with Gasteiger partial charge in [-0.2, -0.15) is 0 Å². The minimum atomic E-state index is -0.704. The van der Waals surface area contributed by atoms with Gasteiger partial charge in [-0.25, -0.2) is 4.39 Å². The lowest BCUT2D eigenvalue weighted by atomic mass is 10.1. The highest BCUT2D eigenvalue weighted by atomic mass is 19.1. The molecule has 0 saturated carbocycles. The molecular weight excluding hydrogens is 367 g/mol. The Balaban J connectivity index is 1.76. The summed E-state index contributed by atoms with van der Waals surface area (Å²) in [6.07, 6.45) is -0.310. The average Bonchev–Trinajstić information content (AvgIpc) is 2.70. The number of benzene rings is 2. The molecule has 7 nitrogen and oxygen atoms in total. The van der Waals surface area contributed by atoms with Gasteiger partial charge in [0.25, 0.3) is 11.8 Å². The van der Waals surface area contributed by atoms with Crippen molar-refractivity contribution in [3.05, 3.63) is 65.5 Å². The molecule has 2 amide bonds. The van der Waals surface area contributed by atoms with Crippen LogP contribution in [-0.2, 0) is 14.3 Å². The summed E-state index contributed by atoms with van der Waals surface area (Å²) in [5.74, 6) is -2.36. The van der Waals surface area contributed by atoms with Crippen molar-refractivity contribution in [1.82, 2.24) is 5.32 Å². The van der Waals surface area contributed by atoms with E-state index in [0.717, 1.165) is 12.1 Å². The Morgan fingerprint density at radius 3 is 2.36 bits per heavy atom. The summed E-state index contributed by atoms with van der Waals surface area (Å²) in [6, 6.07) is 11.3. The number of nitrogens with one attached hydrogen (secondary N) is 2. The number of carbonyl (C=O) groups is 4. The molecule has 0 spiro atoms. The van der Waals surface area contributed by atoms with E-state index in [1.54, 1.807) is 18.2 Å². The first-order valence-corrected chi connectivity index (χ1v) is 8.45. The standard InChI is InChI=1S/C20H19FN2O5/c1-22-20(27)14-3-2-4-16(11-14)23-18(25)12-28-19(26)10-9-17(24)13-5-7-15(21)8-6-13/h2-8,11H,9-10,12H2,1H3,(H,22,27)(H,23,25). The van der Waals surface area contributed by atoms with Crippen LogP contribution in [0.4, 0.5) is 10.1 Å². The van der Waals surface area contributed by atoms with E-state index in [1.165, 1.54) is 25.2 Å². The third-order valence-corrected chi connectivity index (χ3v) is 3.72. The molecule has 0 unspecified atom stereocenters. The Morgan fingerprint density at radius 2 is 1.68 bits per heavy atom. The van der Waals surface area contributed by atoms with Crippen molar-refractivity contribution >= 4 is 29.3 Å². The summed E-state index contributed by atoms with van der Waals surface area (Å²) in [4.78, 5) is 47.1. The van der Waals surface area contributed by atoms with Crippen molar-refractivity contribution in [3.8, 4) is 0 Å². The lowest BCUT2D eigenvalue weighted by Crippen LogP contribution is -2.22. The van der Waals surface area contributed by atoms with Crippen LogP contribution >= 0.6 is 0 Å². The maximum absolute atomic E-state index is 12.8. The summed E-state index contributed by atoms with van der Waals surface area (Å²) in [5, 5.41) is 4.99. The van der Waals surface area contributed by atoms with Crippen LogP contribution in [0.1, 0.15) is 33.6 Å². The lowest BCUT2D eigenvalue weighted by molar-refractivity contribution is -0.147. The van der Waals surface area contributed by atoms with E-state index < -0.39 is 24.3 Å². The zero-order valence-electron chi connectivity index (χ0n) is 15.2. The number of hydrogen-bond acceptors (Lipinski definition) is 5. The van der Waals surface area contributed by atoms with Crippen LogP contribution in [-0.4, -0.2) is 37.2 Å². The van der Waals surface area contributed by atoms with E-state index >= 15 is 0 Å². The first kappa shape index (κ1) is 20.8. The van der Waals surface area contributed by atoms with Crippen LogP contribution < -0.4 is 10.6 Å². The Morgan fingerprint density at radius 1 is 0.964 bits per heavy atom. The van der Waals surface area contributed by atoms with E-state index in [4.69, 9.17) is 4.74 Å². The fraction of sp³-hybridized carbons (Fsp3) is 0.200. The van der Waals surface area contributed by atoms with Crippen LogP contribution in [0.3, 0.4) is 0 Å². The molecule has 2 rings (SSSR count). The maximum atomic E-state index is 12.8. The molecule has 0 saturated heterocycles. The van der Waals surface area contributed by atoms with Gasteiger partial charge in [0.1, 0.15) is 5.82 Å². The Bertz CT molecular complexity index is 880. The summed E-state index contributed by atoms with van der Waals surface area (Å²) in [6.45, 7) is -0.520. The summed E-state index contributed by atoms with van der Waals surface area (Å²) in [7, 11) is 1.49. The van der Waals surface area contributed by atoms with Crippen LogP contribution in [0.25, 0.3) is 0 Å². The molecule has 146 valence electrons. The van der Waals surface area contributed by atoms with E-state index in [1.807, 2.05) is 0 Å². The maximum Gasteiger partial charge on any atom is 0.306 e. The zero-order chi connectivity index (χ0) is 20.5. The molecule has 8 heteroatoms. The predicted molar refractivity (Wildman–Crippen MR) is 99.4 cm³/mol. The van der Waals surface area contributed by atoms with E-state index in [2.05, 4.69) is 10.6 Å². The first-order chi connectivity index (χ1) is 13.4. The van der Waals surface area contributed by atoms with Gasteiger partial charge in [-0.3, -0.25) is 19.2 Å². The second-order valence-electron chi connectivity index (χ2n) is 5.80. The fourth-order valence-electron chi connectivity index (χ4n) is 2.29. The van der Waals surface area contributed by atoms with Gasteiger partial charge in [0.05, 0.1) is 6.42 Å². The van der Waals surface area contributed by atoms with Crippen molar-refractivity contribution in [2.45, 2.75) is 12.8 Å². The number of ether oxygens (including phenoxy) is 1. The molecule has 0 radical (unpaired) electrons. The van der Waals surface area contributed by atoms with Crippen LogP contribution in [0.2, 0.25) is 0 Å². The molecule has 2 aromatic carbocycles. The van der Waals surface area contributed by atoms with Crippen LogP contribution in [0, 0.1) is 5.82 Å². The monoisotopic (exact) mass is 386 g/mol. The number of esters is 1. The van der Waals surface area contributed by atoms with Gasteiger partial charge < -0.3 is 15.4 Å². The van der Waals surface area contributed by atoms with Crippen LogP contribution in [0.5, 0.6) is 0 Å². The van der Waals surface area contributed by atoms with Crippen molar-refractivity contribution in [2.75, 3.05) is 19.0 Å². The number of Topliss-reactive ketones (excluding diaryl/α,β-unsaturated/α-hetero) is 1. The van der Waals surface area contributed by atoms with Gasteiger partial charge in [-0.15, -0.1) is 0 Å². The fourth-order valence-corrected chi connectivity index (χ4v) is 2.29. The number of ketones is 1. The SMILES string of the molecule is CNC(=O)c1cccc(NC(=O)COC(=O)CCC(=O)c2ccc(F)cc2)c1. The second kappa shape index (κ2) is 9.96. The normalized spacial score (nSPS) is 10.1. The minimum absolute atomic E-state index is 0.111. The average molecular weight is 386 g/mol. The Kier molecular flexibility index (Phi) is 7.38. The van der Waals surface area contributed by atoms with Gasteiger partial charge in [-0.05, 0) is 42.5 Å². The summed E-state index contributed by atoms with van der Waals surface area (Å²) >= 11 is 0. The quantitative estimate of drug-likeness (QED) is 0.536. The van der Waals surface area contributed by atoms with Gasteiger partial charge in [0.2, 0.25) is 0 Å². The number of rotatable bonds is 8. The van der Waals surface area contributed by atoms with Crippen LogP contribution in [0.15, 0.2) is 48.5 Å². The third kappa shape index (κ3) is 6.31. The molecule has 0 fully saturated rings. The molecule has 0 aliphatic rings. The van der Waals surface area contributed by atoms with Crippen molar-refractivity contribution in [3.63, 3.8) is 0 Å². The largest absolute Gasteiger partial charge is 0.456 e. The number of amides is 2. The Hall–Kier alpha value is -3.55. The molecule has 2 aromatic rings. The number of carbonyl (C=O) groups excluding carboxylic acids is 4. The van der Waals surface area contributed by atoms with Crippen molar-refractivity contribution < 1.29 is 28.3 Å². The van der Waals surface area contributed by atoms with Crippen molar-refractivity contribution in [2.24, 2.45) is 0 Å². The highest BCUT2D eigenvalue weighted by molar-refractivity contribution is 5.98. The molecule has 0 aliphatic heterocycles. The third-order valence-electron chi connectivity index (χ3n) is 3.72. The second-order valence-corrected chi connectivity index (χ2v) is 5.80. The van der Waals surface area contributed by atoms with Gasteiger partial charge >= 0.3 is 5.97 Å². The molecule has 0 heterocycles. The summed E-state index contributed by atoms with van der Waals surface area (Å²) in [5.41, 5.74) is 1.05. The number of anilines is 1. The van der Waals surface area contributed by atoms with E-state index in [9.17, 15) is 23.6 Å². The highest BCUT2D eigenvalue weighted by Crippen LogP contribution is 2.11.